The topological polar surface area (TPSA) is 107 Å². The summed E-state index contributed by atoms with van der Waals surface area (Å²) < 4.78 is 6.67. The third kappa shape index (κ3) is 4.15. The summed E-state index contributed by atoms with van der Waals surface area (Å²) in [7, 11) is 0. The van der Waals surface area contributed by atoms with E-state index in [2.05, 4.69) is 20.5 Å². The highest BCUT2D eigenvalue weighted by molar-refractivity contribution is 5.66. The lowest BCUT2D eigenvalue weighted by atomic mass is 10.1. The number of aromatic nitrogens is 5. The molecule has 20 heavy (non-hydrogen) atoms. The van der Waals surface area contributed by atoms with E-state index in [0.717, 1.165) is 18.5 Å². The molecule has 0 unspecified atom stereocenters. The average molecular weight is 279 g/mol. The molecule has 0 amide bonds. The number of hydrogen-bond acceptors (Lipinski definition) is 6. The normalized spacial score (nSPS) is 10.8. The Labute approximate surface area is 115 Å². The van der Waals surface area contributed by atoms with Crippen LogP contribution >= 0.6 is 0 Å². The third-order valence-electron chi connectivity index (χ3n) is 2.78. The molecule has 2 aromatic rings. The highest BCUT2D eigenvalue weighted by atomic mass is 16.5. The van der Waals surface area contributed by atoms with Gasteiger partial charge < -0.3 is 9.63 Å². The average Bonchev–Trinajstić information content (AvgIpc) is 3.04. The second-order valence-corrected chi connectivity index (χ2v) is 4.47. The summed E-state index contributed by atoms with van der Waals surface area (Å²) in [6.07, 6.45) is 4.87. The van der Waals surface area contributed by atoms with Gasteiger partial charge in [0.05, 0.1) is 5.69 Å². The number of rotatable bonds is 8. The van der Waals surface area contributed by atoms with Crippen molar-refractivity contribution in [1.29, 1.82) is 0 Å². The molecule has 0 aliphatic rings. The van der Waals surface area contributed by atoms with Gasteiger partial charge >= 0.3 is 5.97 Å². The number of hydrogen-bond donors (Lipinski definition) is 1. The van der Waals surface area contributed by atoms with Crippen LogP contribution in [0, 0.1) is 0 Å². The SMILES string of the molecule is CCc1nc(Cn2cc(CCCCC(=O)O)nn2)no1. The molecule has 0 aliphatic carbocycles. The van der Waals surface area contributed by atoms with Crippen LogP contribution < -0.4 is 0 Å². The molecule has 108 valence electrons. The van der Waals surface area contributed by atoms with Crippen molar-refractivity contribution in [2.75, 3.05) is 0 Å². The summed E-state index contributed by atoms with van der Waals surface area (Å²) in [5.41, 5.74) is 0.842. The van der Waals surface area contributed by atoms with Crippen molar-refractivity contribution >= 4 is 5.97 Å². The Bertz CT molecular complexity index is 563. The van der Waals surface area contributed by atoms with Crippen LogP contribution in [0.15, 0.2) is 10.7 Å². The van der Waals surface area contributed by atoms with Crippen LogP contribution in [0.25, 0.3) is 0 Å². The molecule has 0 bridgehead atoms. The first-order valence-corrected chi connectivity index (χ1v) is 6.59. The van der Waals surface area contributed by atoms with E-state index in [1.807, 2.05) is 13.1 Å². The lowest BCUT2D eigenvalue weighted by Gasteiger charge is -1.95. The van der Waals surface area contributed by atoms with Crippen molar-refractivity contribution in [2.45, 2.75) is 45.6 Å². The standard InChI is InChI=1S/C12H17N5O3/c1-2-11-13-10(15-20-11)8-17-7-9(14-16-17)5-3-4-6-12(18)19/h7H,2-6,8H2,1H3,(H,18,19). The second kappa shape index (κ2) is 6.78. The van der Waals surface area contributed by atoms with Crippen LogP contribution in [-0.2, 0) is 24.2 Å². The van der Waals surface area contributed by atoms with Crippen molar-refractivity contribution in [3.8, 4) is 0 Å². The van der Waals surface area contributed by atoms with Crippen LogP contribution in [0.4, 0.5) is 0 Å². The summed E-state index contributed by atoms with van der Waals surface area (Å²) in [6, 6.07) is 0. The number of unbranched alkanes of at least 4 members (excludes halogenated alkanes) is 1. The molecule has 0 radical (unpaired) electrons. The highest BCUT2D eigenvalue weighted by Gasteiger charge is 2.07. The first-order chi connectivity index (χ1) is 9.67. The smallest absolute Gasteiger partial charge is 0.303 e. The minimum atomic E-state index is -0.766. The summed E-state index contributed by atoms with van der Waals surface area (Å²) >= 11 is 0. The summed E-state index contributed by atoms with van der Waals surface area (Å²) in [6.45, 7) is 2.37. The fraction of sp³-hybridized carbons (Fsp3) is 0.583. The zero-order valence-electron chi connectivity index (χ0n) is 11.3. The zero-order valence-corrected chi connectivity index (χ0v) is 11.3. The molecule has 8 heteroatoms. The van der Waals surface area contributed by atoms with Crippen molar-refractivity contribution in [1.82, 2.24) is 25.1 Å². The number of aryl methyl sites for hydroxylation is 2. The summed E-state index contributed by atoms with van der Waals surface area (Å²) in [5.74, 6) is 0.413. The van der Waals surface area contributed by atoms with Gasteiger partial charge in [0.2, 0.25) is 5.89 Å². The molecule has 0 saturated heterocycles. The molecule has 8 nitrogen and oxygen atoms in total. The minimum Gasteiger partial charge on any atom is -0.481 e. The minimum absolute atomic E-state index is 0.191. The Kier molecular flexibility index (Phi) is 4.80. The molecule has 2 rings (SSSR count). The van der Waals surface area contributed by atoms with Crippen molar-refractivity contribution in [3.63, 3.8) is 0 Å². The van der Waals surface area contributed by atoms with Gasteiger partial charge in [0.1, 0.15) is 6.54 Å². The highest BCUT2D eigenvalue weighted by Crippen LogP contribution is 2.05. The second-order valence-electron chi connectivity index (χ2n) is 4.47. The van der Waals surface area contributed by atoms with E-state index in [4.69, 9.17) is 9.63 Å². The maximum Gasteiger partial charge on any atom is 0.303 e. The molecule has 2 heterocycles. The Morgan fingerprint density at radius 2 is 2.30 bits per heavy atom. The summed E-state index contributed by atoms with van der Waals surface area (Å²) in [4.78, 5) is 14.6. The van der Waals surface area contributed by atoms with E-state index in [9.17, 15) is 4.79 Å². The molecule has 2 aromatic heterocycles. The van der Waals surface area contributed by atoms with Gasteiger partial charge in [0, 0.05) is 19.0 Å². The predicted molar refractivity (Wildman–Crippen MR) is 68.0 cm³/mol. The monoisotopic (exact) mass is 279 g/mol. The predicted octanol–water partition coefficient (Wildman–Crippen LogP) is 1.07. The Morgan fingerprint density at radius 3 is 3.00 bits per heavy atom. The molecule has 0 aliphatic heterocycles. The Hall–Kier alpha value is -2.25. The quantitative estimate of drug-likeness (QED) is 0.720. The fourth-order valence-electron chi connectivity index (χ4n) is 1.76. The Morgan fingerprint density at radius 1 is 1.45 bits per heavy atom. The number of carboxylic acids is 1. The third-order valence-corrected chi connectivity index (χ3v) is 2.78. The fourth-order valence-corrected chi connectivity index (χ4v) is 1.76. The van der Waals surface area contributed by atoms with Gasteiger partial charge in [-0.25, -0.2) is 4.68 Å². The first kappa shape index (κ1) is 14.2. The van der Waals surface area contributed by atoms with Crippen molar-refractivity contribution < 1.29 is 14.4 Å². The van der Waals surface area contributed by atoms with Gasteiger partial charge in [-0.15, -0.1) is 5.10 Å². The van der Waals surface area contributed by atoms with Gasteiger partial charge in [0.25, 0.3) is 0 Å². The molecule has 0 saturated carbocycles. The molecule has 1 N–H and O–H groups in total. The molecular weight excluding hydrogens is 262 g/mol. The number of carboxylic acid groups (broad SMARTS) is 1. The van der Waals surface area contributed by atoms with E-state index in [-0.39, 0.29) is 6.42 Å². The number of nitrogens with zero attached hydrogens (tertiary/aromatic N) is 5. The van der Waals surface area contributed by atoms with Gasteiger partial charge in [-0.2, -0.15) is 4.98 Å². The molecule has 0 fully saturated rings. The lowest BCUT2D eigenvalue weighted by molar-refractivity contribution is -0.137. The van der Waals surface area contributed by atoms with Crippen LogP contribution in [0.1, 0.15) is 43.6 Å². The number of carbonyl (C=O) groups is 1. The van der Waals surface area contributed by atoms with Gasteiger partial charge in [-0.3, -0.25) is 4.79 Å². The van der Waals surface area contributed by atoms with E-state index in [1.54, 1.807) is 4.68 Å². The van der Waals surface area contributed by atoms with Crippen LogP contribution in [-0.4, -0.2) is 36.2 Å². The van der Waals surface area contributed by atoms with Crippen molar-refractivity contribution in [2.24, 2.45) is 0 Å². The first-order valence-electron chi connectivity index (χ1n) is 6.59. The van der Waals surface area contributed by atoms with E-state index >= 15 is 0 Å². The molecule has 0 atom stereocenters. The van der Waals surface area contributed by atoms with E-state index in [0.29, 0.717) is 31.1 Å². The van der Waals surface area contributed by atoms with Crippen molar-refractivity contribution in [3.05, 3.63) is 23.6 Å². The molecular formula is C12H17N5O3. The van der Waals surface area contributed by atoms with Gasteiger partial charge in [-0.05, 0) is 19.3 Å². The van der Waals surface area contributed by atoms with E-state index in [1.165, 1.54) is 0 Å². The Balaban J connectivity index is 1.81. The van der Waals surface area contributed by atoms with Gasteiger partial charge in [-0.1, -0.05) is 17.3 Å². The maximum atomic E-state index is 10.4. The van der Waals surface area contributed by atoms with Crippen LogP contribution in [0.2, 0.25) is 0 Å². The summed E-state index contributed by atoms with van der Waals surface area (Å²) in [5, 5.41) is 20.4. The largest absolute Gasteiger partial charge is 0.481 e. The molecule has 0 aromatic carbocycles. The van der Waals surface area contributed by atoms with Gasteiger partial charge in [0.15, 0.2) is 5.82 Å². The van der Waals surface area contributed by atoms with E-state index < -0.39 is 5.97 Å². The zero-order chi connectivity index (χ0) is 14.4. The maximum absolute atomic E-state index is 10.4. The lowest BCUT2D eigenvalue weighted by Crippen LogP contribution is -2.02. The van der Waals surface area contributed by atoms with Crippen LogP contribution in [0.5, 0.6) is 0 Å². The van der Waals surface area contributed by atoms with Crippen LogP contribution in [0.3, 0.4) is 0 Å². The molecule has 0 spiro atoms. The number of aliphatic carboxylic acids is 1.